The third-order valence-corrected chi connectivity index (χ3v) is 12.2. The molecule has 3 heteroatoms. The largest absolute Gasteiger partial charge is 0.396 e. The van der Waals surface area contributed by atoms with Crippen LogP contribution in [0.3, 0.4) is 0 Å². The van der Waals surface area contributed by atoms with E-state index in [-0.39, 0.29) is 23.5 Å². The average Bonchev–Trinajstić information content (AvgIpc) is 3.40. The van der Waals surface area contributed by atoms with Crippen molar-refractivity contribution in [1.29, 1.82) is 0 Å². The van der Waals surface area contributed by atoms with Crippen LogP contribution in [0.4, 0.5) is 0 Å². The van der Waals surface area contributed by atoms with Gasteiger partial charge in [0.05, 0.1) is 6.10 Å². The Hall–Kier alpha value is -2.46. The van der Waals surface area contributed by atoms with Crippen LogP contribution in [-0.2, 0) is 10.3 Å². The predicted molar refractivity (Wildman–Crippen MR) is 170 cm³/mol. The lowest BCUT2D eigenvalue weighted by atomic mass is 9.43. The van der Waals surface area contributed by atoms with Gasteiger partial charge in [-0.15, -0.1) is 0 Å². The molecule has 0 unspecified atom stereocenters. The molecule has 0 bridgehead atoms. The first-order valence-corrected chi connectivity index (χ1v) is 16.4. The van der Waals surface area contributed by atoms with E-state index in [4.69, 9.17) is 4.74 Å². The van der Waals surface area contributed by atoms with E-state index in [9.17, 15) is 10.2 Å². The van der Waals surface area contributed by atoms with Crippen LogP contribution in [0.25, 0.3) is 0 Å². The number of hydrogen-bond donors (Lipinski definition) is 2. The van der Waals surface area contributed by atoms with Crippen molar-refractivity contribution in [2.75, 3.05) is 13.2 Å². The maximum Gasteiger partial charge on any atom is 0.143 e. The van der Waals surface area contributed by atoms with Crippen molar-refractivity contribution < 1.29 is 14.9 Å². The van der Waals surface area contributed by atoms with Gasteiger partial charge in [-0.2, -0.15) is 0 Å². The molecule has 0 spiro atoms. The van der Waals surface area contributed by atoms with Gasteiger partial charge in [0.1, 0.15) is 5.60 Å². The summed E-state index contributed by atoms with van der Waals surface area (Å²) >= 11 is 0. The second kappa shape index (κ2) is 11.9. The van der Waals surface area contributed by atoms with Crippen LogP contribution < -0.4 is 0 Å². The highest BCUT2D eigenvalue weighted by Crippen LogP contribution is 2.69. The molecule has 0 saturated heterocycles. The molecule has 224 valence electrons. The zero-order valence-electron chi connectivity index (χ0n) is 25.8. The van der Waals surface area contributed by atoms with Gasteiger partial charge in [0.2, 0.25) is 0 Å². The minimum Gasteiger partial charge on any atom is -0.396 e. The molecule has 6 rings (SSSR count). The first kappa shape index (κ1) is 29.6. The van der Waals surface area contributed by atoms with Crippen molar-refractivity contribution in [3.05, 3.63) is 108 Å². The minimum absolute atomic E-state index is 0.0897. The van der Waals surface area contributed by atoms with Crippen molar-refractivity contribution in [2.24, 2.45) is 40.4 Å². The zero-order chi connectivity index (χ0) is 29.4. The molecule has 42 heavy (non-hydrogen) atoms. The Morgan fingerprint density at radius 1 is 0.810 bits per heavy atom. The molecule has 8 atom stereocenters. The summed E-state index contributed by atoms with van der Waals surface area (Å²) in [6.45, 7) is 8.28. The van der Waals surface area contributed by atoms with Crippen molar-refractivity contribution >= 4 is 0 Å². The first-order chi connectivity index (χ1) is 20.3. The van der Waals surface area contributed by atoms with Crippen molar-refractivity contribution in [1.82, 2.24) is 0 Å². The van der Waals surface area contributed by atoms with Crippen LogP contribution in [0.2, 0.25) is 0 Å². The number of aliphatic hydroxyl groups excluding tert-OH is 2. The normalized spacial score (nSPS) is 34.5. The fourth-order valence-corrected chi connectivity index (χ4v) is 10.2. The summed E-state index contributed by atoms with van der Waals surface area (Å²) < 4.78 is 7.17. The quantitative estimate of drug-likeness (QED) is 0.203. The van der Waals surface area contributed by atoms with Crippen LogP contribution in [0.15, 0.2) is 91.0 Å². The molecule has 3 aliphatic rings. The molecule has 3 aromatic carbocycles. The molecule has 0 aliphatic heterocycles. The lowest BCUT2D eigenvalue weighted by Crippen LogP contribution is -2.58. The molecule has 3 aromatic rings. The Balaban J connectivity index is 1.28. The molecule has 3 nitrogen and oxygen atoms in total. The van der Waals surface area contributed by atoms with Crippen molar-refractivity contribution in [2.45, 2.75) is 77.4 Å². The molecule has 0 aromatic heterocycles. The highest BCUT2D eigenvalue weighted by Gasteiger charge is 2.64. The third kappa shape index (κ3) is 4.86. The lowest BCUT2D eigenvalue weighted by Gasteiger charge is -2.62. The van der Waals surface area contributed by atoms with E-state index in [1.807, 2.05) is 0 Å². The summed E-state index contributed by atoms with van der Waals surface area (Å²) in [6, 6.07) is 32.1. The summed E-state index contributed by atoms with van der Waals surface area (Å²) in [5.74, 6) is 2.58. The smallest absolute Gasteiger partial charge is 0.143 e. The second-order valence-electron chi connectivity index (χ2n) is 14.3. The highest BCUT2D eigenvalue weighted by molar-refractivity contribution is 5.47. The summed E-state index contributed by atoms with van der Waals surface area (Å²) in [4.78, 5) is 0. The Bertz CT molecular complexity index is 1200. The standard InChI is InChI=1S/C39H50O3/c1-28-21-22-33-25-36(41)37(2)26-29(27-40)24-35(37)38(33,3)34(28)20-13-23-42-39(30-14-7-4-8-15-30,31-16-9-5-10-17-31)32-18-11-6-12-19-32/h4-12,14-19,28-29,33-36,40-41H,13,20-27H2,1-3H3/t28-,29-,33+,34+,35+,36+,37-,38+/m0/s1. The molecule has 3 aliphatic carbocycles. The molecule has 2 N–H and O–H groups in total. The molecule has 3 saturated carbocycles. The number of rotatable bonds is 9. The second-order valence-corrected chi connectivity index (χ2v) is 14.3. The number of ether oxygens (including phenoxy) is 1. The Morgan fingerprint density at radius 3 is 1.88 bits per heavy atom. The molecule has 0 heterocycles. The van der Waals surface area contributed by atoms with E-state index < -0.39 is 5.60 Å². The summed E-state index contributed by atoms with van der Waals surface area (Å²) in [5, 5.41) is 21.5. The van der Waals surface area contributed by atoms with Gasteiger partial charge in [-0.05, 0) is 95.6 Å². The van der Waals surface area contributed by atoms with Crippen LogP contribution >= 0.6 is 0 Å². The topological polar surface area (TPSA) is 49.7 Å². The van der Waals surface area contributed by atoms with E-state index in [0.717, 1.165) is 48.8 Å². The zero-order valence-corrected chi connectivity index (χ0v) is 25.8. The van der Waals surface area contributed by atoms with E-state index in [1.165, 1.54) is 12.8 Å². The van der Waals surface area contributed by atoms with Gasteiger partial charge in [-0.1, -0.05) is 118 Å². The SMILES string of the molecule is C[C@H]1CC[C@@H]2C[C@@H](O)[C@@]3(C)C[C@@H](CO)C[C@H]3[C@@]2(C)[C@@H]1CCCOC(c1ccccc1)(c1ccccc1)c1ccccc1. The van der Waals surface area contributed by atoms with Crippen molar-refractivity contribution in [3.63, 3.8) is 0 Å². The molecular formula is C39H50O3. The van der Waals surface area contributed by atoms with Gasteiger partial charge in [0, 0.05) is 13.2 Å². The van der Waals surface area contributed by atoms with Crippen LogP contribution in [0.1, 0.15) is 82.4 Å². The number of hydrogen-bond acceptors (Lipinski definition) is 3. The number of aliphatic hydroxyl groups is 2. The Kier molecular flexibility index (Phi) is 8.39. The van der Waals surface area contributed by atoms with Gasteiger partial charge in [-0.3, -0.25) is 0 Å². The monoisotopic (exact) mass is 566 g/mol. The maximum atomic E-state index is 11.4. The minimum atomic E-state index is -0.679. The van der Waals surface area contributed by atoms with Gasteiger partial charge in [0.25, 0.3) is 0 Å². The maximum absolute atomic E-state index is 11.4. The van der Waals surface area contributed by atoms with E-state index in [1.54, 1.807) is 0 Å². The number of fused-ring (bicyclic) bond motifs is 3. The molecule has 3 fully saturated rings. The fourth-order valence-electron chi connectivity index (χ4n) is 10.2. The molecule has 0 amide bonds. The Labute approximate surface area is 253 Å². The molecular weight excluding hydrogens is 516 g/mol. The highest BCUT2D eigenvalue weighted by atomic mass is 16.5. The summed E-state index contributed by atoms with van der Waals surface area (Å²) in [5.41, 5.74) is 2.87. The van der Waals surface area contributed by atoms with Gasteiger partial charge >= 0.3 is 0 Å². The van der Waals surface area contributed by atoms with Gasteiger partial charge in [-0.25, -0.2) is 0 Å². The fraction of sp³-hybridized carbons (Fsp3) is 0.538. The van der Waals surface area contributed by atoms with E-state index in [2.05, 4.69) is 112 Å². The van der Waals surface area contributed by atoms with Crippen LogP contribution in [0, 0.1) is 40.4 Å². The third-order valence-electron chi connectivity index (χ3n) is 12.2. The van der Waals surface area contributed by atoms with Gasteiger partial charge in [0.15, 0.2) is 0 Å². The van der Waals surface area contributed by atoms with Crippen molar-refractivity contribution in [3.8, 4) is 0 Å². The first-order valence-electron chi connectivity index (χ1n) is 16.4. The van der Waals surface area contributed by atoms with Crippen LogP contribution in [0.5, 0.6) is 0 Å². The van der Waals surface area contributed by atoms with E-state index >= 15 is 0 Å². The predicted octanol–water partition coefficient (Wildman–Crippen LogP) is 8.23. The lowest BCUT2D eigenvalue weighted by molar-refractivity contribution is -0.173. The average molecular weight is 567 g/mol. The van der Waals surface area contributed by atoms with E-state index in [0.29, 0.717) is 36.2 Å². The van der Waals surface area contributed by atoms with Crippen LogP contribution in [-0.4, -0.2) is 29.5 Å². The Morgan fingerprint density at radius 2 is 1.36 bits per heavy atom. The summed E-state index contributed by atoms with van der Waals surface area (Å²) in [6.07, 6.45) is 7.27. The number of benzene rings is 3. The molecule has 0 radical (unpaired) electrons. The summed E-state index contributed by atoms with van der Waals surface area (Å²) in [7, 11) is 0. The van der Waals surface area contributed by atoms with Gasteiger partial charge < -0.3 is 14.9 Å².